The molecule has 0 aliphatic rings. The van der Waals surface area contributed by atoms with Gasteiger partial charge < -0.3 is 5.32 Å². The second-order valence-corrected chi connectivity index (χ2v) is 4.87. The van der Waals surface area contributed by atoms with Crippen LogP contribution in [0.3, 0.4) is 0 Å². The molecule has 0 aliphatic carbocycles. The molecule has 0 fully saturated rings. The van der Waals surface area contributed by atoms with Crippen LogP contribution >= 0.6 is 15.9 Å². The number of alkyl halides is 1. The lowest BCUT2D eigenvalue weighted by Gasteiger charge is -2.15. The first-order valence-corrected chi connectivity index (χ1v) is 6.62. The van der Waals surface area contributed by atoms with E-state index in [1.165, 1.54) is 32.2 Å². The van der Waals surface area contributed by atoms with Crippen LogP contribution in [0.5, 0.6) is 0 Å². The third-order valence-electron chi connectivity index (χ3n) is 2.34. The van der Waals surface area contributed by atoms with Crippen molar-refractivity contribution in [3.63, 3.8) is 0 Å². The highest BCUT2D eigenvalue weighted by Crippen LogP contribution is 2.04. The van der Waals surface area contributed by atoms with Gasteiger partial charge in [0.25, 0.3) is 0 Å². The topological polar surface area (TPSA) is 12.0 Å². The Balaban J connectivity index is 3.27. The van der Waals surface area contributed by atoms with Gasteiger partial charge in [-0.2, -0.15) is 0 Å². The molecule has 1 atom stereocenters. The second-order valence-electron chi connectivity index (χ2n) is 4.07. The van der Waals surface area contributed by atoms with Gasteiger partial charge in [0.05, 0.1) is 0 Å². The average Bonchev–Trinajstić information content (AvgIpc) is 2.10. The summed E-state index contributed by atoms with van der Waals surface area (Å²) in [6.45, 7) is 8.01. The van der Waals surface area contributed by atoms with Gasteiger partial charge in [-0.1, -0.05) is 36.7 Å². The zero-order valence-corrected chi connectivity index (χ0v) is 10.9. The van der Waals surface area contributed by atoms with Gasteiger partial charge >= 0.3 is 0 Å². The van der Waals surface area contributed by atoms with Crippen LogP contribution in [-0.4, -0.2) is 17.9 Å². The maximum absolute atomic E-state index is 3.60. The Morgan fingerprint density at radius 1 is 1.23 bits per heavy atom. The van der Waals surface area contributed by atoms with Gasteiger partial charge in [-0.3, -0.25) is 0 Å². The van der Waals surface area contributed by atoms with Crippen LogP contribution in [0.4, 0.5) is 0 Å². The van der Waals surface area contributed by atoms with Gasteiger partial charge in [0.15, 0.2) is 0 Å². The summed E-state index contributed by atoms with van der Waals surface area (Å²) in [7, 11) is 0. The Hall–Kier alpha value is 0.440. The predicted octanol–water partition coefficient (Wildman–Crippen LogP) is 3.58. The molecule has 1 unspecified atom stereocenters. The van der Waals surface area contributed by atoms with E-state index in [0.717, 1.165) is 11.2 Å². The molecule has 0 heterocycles. The summed E-state index contributed by atoms with van der Waals surface area (Å²) in [6, 6.07) is 0.714. The number of halogens is 1. The van der Waals surface area contributed by atoms with Gasteiger partial charge in [0.2, 0.25) is 0 Å². The highest BCUT2D eigenvalue weighted by Gasteiger charge is 2.03. The predicted molar refractivity (Wildman–Crippen MR) is 64.6 cm³/mol. The molecule has 1 nitrogen and oxygen atoms in total. The summed E-state index contributed by atoms with van der Waals surface area (Å²) in [6.07, 6.45) is 5.15. The van der Waals surface area contributed by atoms with Crippen LogP contribution in [0.2, 0.25) is 0 Å². The van der Waals surface area contributed by atoms with Gasteiger partial charge in [0.1, 0.15) is 0 Å². The molecule has 13 heavy (non-hydrogen) atoms. The Morgan fingerprint density at radius 3 is 2.38 bits per heavy atom. The highest BCUT2D eigenvalue weighted by atomic mass is 79.9. The van der Waals surface area contributed by atoms with Crippen molar-refractivity contribution in [1.82, 2.24) is 5.32 Å². The zero-order chi connectivity index (χ0) is 10.1. The normalized spacial score (nSPS) is 13.6. The summed E-state index contributed by atoms with van der Waals surface area (Å²) in [5.41, 5.74) is 0. The van der Waals surface area contributed by atoms with Crippen molar-refractivity contribution in [2.24, 2.45) is 5.92 Å². The van der Waals surface area contributed by atoms with E-state index in [1.807, 2.05) is 0 Å². The van der Waals surface area contributed by atoms with Crippen molar-refractivity contribution in [1.29, 1.82) is 0 Å². The standard InChI is InChI=1S/C11H24BrN/c1-4-11(7-8-12)13-9-5-6-10(2)3/h10-11,13H,4-9H2,1-3H3. The number of nitrogens with one attached hydrogen (secondary N) is 1. The number of hydrogen-bond acceptors (Lipinski definition) is 1. The van der Waals surface area contributed by atoms with E-state index in [1.54, 1.807) is 0 Å². The van der Waals surface area contributed by atoms with E-state index >= 15 is 0 Å². The molecule has 0 saturated carbocycles. The minimum absolute atomic E-state index is 0.714. The zero-order valence-electron chi connectivity index (χ0n) is 9.28. The lowest BCUT2D eigenvalue weighted by atomic mass is 10.1. The smallest absolute Gasteiger partial charge is 0.00723 e. The van der Waals surface area contributed by atoms with Crippen molar-refractivity contribution in [3.05, 3.63) is 0 Å². The lowest BCUT2D eigenvalue weighted by molar-refractivity contribution is 0.456. The van der Waals surface area contributed by atoms with E-state index in [0.29, 0.717) is 6.04 Å². The van der Waals surface area contributed by atoms with Crippen LogP contribution in [0.25, 0.3) is 0 Å². The van der Waals surface area contributed by atoms with Gasteiger partial charge in [0, 0.05) is 11.4 Å². The SMILES string of the molecule is CCC(CCBr)NCCCC(C)C. The molecule has 0 saturated heterocycles. The van der Waals surface area contributed by atoms with Crippen LogP contribution in [0.1, 0.15) is 46.5 Å². The molecule has 0 spiro atoms. The van der Waals surface area contributed by atoms with E-state index < -0.39 is 0 Å². The molecule has 0 rings (SSSR count). The largest absolute Gasteiger partial charge is 0.314 e. The third kappa shape index (κ3) is 8.76. The van der Waals surface area contributed by atoms with Crippen molar-refractivity contribution in [2.75, 3.05) is 11.9 Å². The monoisotopic (exact) mass is 249 g/mol. The number of rotatable bonds is 8. The van der Waals surface area contributed by atoms with Crippen LogP contribution in [0, 0.1) is 5.92 Å². The summed E-state index contributed by atoms with van der Waals surface area (Å²) >= 11 is 3.48. The molecule has 1 N–H and O–H groups in total. The average molecular weight is 250 g/mol. The molecule has 0 radical (unpaired) electrons. The maximum atomic E-state index is 3.60. The first kappa shape index (κ1) is 13.4. The first-order valence-electron chi connectivity index (χ1n) is 5.50. The van der Waals surface area contributed by atoms with Gasteiger partial charge in [-0.25, -0.2) is 0 Å². The van der Waals surface area contributed by atoms with Crippen LogP contribution in [0.15, 0.2) is 0 Å². The molecule has 0 aromatic heterocycles. The fourth-order valence-corrected chi connectivity index (χ4v) is 1.95. The van der Waals surface area contributed by atoms with E-state index in [-0.39, 0.29) is 0 Å². The van der Waals surface area contributed by atoms with Crippen LogP contribution < -0.4 is 5.32 Å². The maximum Gasteiger partial charge on any atom is 0.00723 e. The molecule has 0 aliphatic heterocycles. The van der Waals surface area contributed by atoms with Gasteiger partial charge in [-0.05, 0) is 38.1 Å². The quantitative estimate of drug-likeness (QED) is 0.513. The molecule has 0 bridgehead atoms. The summed E-state index contributed by atoms with van der Waals surface area (Å²) in [4.78, 5) is 0. The Morgan fingerprint density at radius 2 is 1.92 bits per heavy atom. The summed E-state index contributed by atoms with van der Waals surface area (Å²) in [5, 5.41) is 4.71. The van der Waals surface area contributed by atoms with Gasteiger partial charge in [-0.15, -0.1) is 0 Å². The second kappa shape index (κ2) is 9.01. The molecule has 0 amide bonds. The molecule has 0 aromatic rings. The van der Waals surface area contributed by atoms with Crippen LogP contribution in [-0.2, 0) is 0 Å². The van der Waals surface area contributed by atoms with Crippen molar-refractivity contribution in [2.45, 2.75) is 52.5 Å². The van der Waals surface area contributed by atoms with Crippen molar-refractivity contribution < 1.29 is 0 Å². The summed E-state index contributed by atoms with van der Waals surface area (Å²) < 4.78 is 0. The molecule has 80 valence electrons. The fourth-order valence-electron chi connectivity index (χ4n) is 1.40. The minimum Gasteiger partial charge on any atom is -0.314 e. The fraction of sp³-hybridized carbons (Fsp3) is 1.00. The molecular weight excluding hydrogens is 226 g/mol. The Labute approximate surface area is 91.8 Å². The van der Waals surface area contributed by atoms with E-state index in [9.17, 15) is 0 Å². The van der Waals surface area contributed by atoms with Crippen molar-refractivity contribution >= 4 is 15.9 Å². The van der Waals surface area contributed by atoms with Crippen molar-refractivity contribution in [3.8, 4) is 0 Å². The lowest BCUT2D eigenvalue weighted by Crippen LogP contribution is -2.29. The summed E-state index contributed by atoms with van der Waals surface area (Å²) in [5.74, 6) is 0.845. The number of hydrogen-bond donors (Lipinski definition) is 1. The van der Waals surface area contributed by atoms with E-state index in [4.69, 9.17) is 0 Å². The Bertz CT molecular complexity index is 104. The Kier molecular flexibility index (Phi) is 9.32. The molecule has 2 heteroatoms. The third-order valence-corrected chi connectivity index (χ3v) is 2.80. The highest BCUT2D eigenvalue weighted by molar-refractivity contribution is 9.09. The van der Waals surface area contributed by atoms with E-state index in [2.05, 4.69) is 42.0 Å². The molecule has 0 aromatic carbocycles. The minimum atomic E-state index is 0.714. The molecular formula is C11H24BrN. The first-order chi connectivity index (χ1) is 6.20.